The number of hydrogen-bond acceptors (Lipinski definition) is 5. The van der Waals surface area contributed by atoms with Crippen LogP contribution in [0.15, 0.2) is 63.7 Å². The fourth-order valence-electron chi connectivity index (χ4n) is 2.80. The minimum atomic E-state index is -3.05. The normalized spacial score (nSPS) is 10.6. The third-order valence-corrected chi connectivity index (χ3v) is 4.66. The lowest BCUT2D eigenvalue weighted by Crippen LogP contribution is -2.28. The molecule has 3 aromatic rings. The first-order valence-electron chi connectivity index (χ1n) is 8.86. The average molecular weight is 495 g/mol. The molecule has 0 unspecified atom stereocenters. The van der Waals surface area contributed by atoms with E-state index in [0.717, 1.165) is 0 Å². The lowest BCUT2D eigenvalue weighted by molar-refractivity contribution is -0.0511. The van der Waals surface area contributed by atoms with Crippen LogP contribution < -0.4 is 19.7 Å². The fraction of sp³-hybridized carbons (Fsp3) is 0.143. The van der Waals surface area contributed by atoms with E-state index < -0.39 is 18.4 Å². The van der Waals surface area contributed by atoms with Gasteiger partial charge in [-0.3, -0.25) is 9.59 Å². The van der Waals surface area contributed by atoms with Gasteiger partial charge in [-0.25, -0.2) is 0 Å². The highest BCUT2D eigenvalue weighted by atomic mass is 79.9. The van der Waals surface area contributed by atoms with Crippen molar-refractivity contribution in [2.75, 3.05) is 24.4 Å². The minimum Gasteiger partial charge on any atom is -0.493 e. The Kier molecular flexibility index (Phi) is 6.91. The van der Waals surface area contributed by atoms with Gasteiger partial charge in [0.2, 0.25) is 0 Å². The van der Waals surface area contributed by atoms with Gasteiger partial charge in [0.1, 0.15) is 0 Å². The monoisotopic (exact) mass is 494 g/mol. The third kappa shape index (κ3) is 5.21. The summed E-state index contributed by atoms with van der Waals surface area (Å²) in [6.07, 6.45) is 0. The number of para-hydroxylation sites is 1. The molecule has 0 aliphatic heterocycles. The first-order chi connectivity index (χ1) is 14.8. The molecule has 0 saturated heterocycles. The second-order valence-electron chi connectivity index (χ2n) is 6.18. The fourth-order valence-corrected chi connectivity index (χ4v) is 3.11. The summed E-state index contributed by atoms with van der Waals surface area (Å²) in [5.41, 5.74) is 0.728. The van der Waals surface area contributed by atoms with E-state index in [1.165, 1.54) is 49.4 Å². The summed E-state index contributed by atoms with van der Waals surface area (Å²) in [5.74, 6) is -1.05. The van der Waals surface area contributed by atoms with Crippen molar-refractivity contribution >= 4 is 39.1 Å². The van der Waals surface area contributed by atoms with Crippen molar-refractivity contribution in [2.45, 2.75) is 6.61 Å². The number of furan rings is 1. The Morgan fingerprint density at radius 2 is 1.84 bits per heavy atom. The number of nitrogens with zero attached hydrogens (tertiary/aromatic N) is 1. The molecule has 1 heterocycles. The number of anilines is 2. The molecule has 0 spiro atoms. The van der Waals surface area contributed by atoms with Gasteiger partial charge in [-0.1, -0.05) is 12.1 Å². The summed E-state index contributed by atoms with van der Waals surface area (Å²) in [6, 6.07) is 13.6. The Balaban J connectivity index is 1.86. The topological polar surface area (TPSA) is 81.0 Å². The van der Waals surface area contributed by atoms with Crippen LogP contribution in [0, 0.1) is 0 Å². The van der Waals surface area contributed by atoms with Crippen molar-refractivity contribution in [1.82, 2.24) is 0 Å². The van der Waals surface area contributed by atoms with Gasteiger partial charge in [0.15, 0.2) is 21.9 Å². The zero-order valence-corrected chi connectivity index (χ0v) is 18.0. The Labute approximate surface area is 184 Å². The van der Waals surface area contributed by atoms with Crippen molar-refractivity contribution in [3.8, 4) is 11.5 Å². The van der Waals surface area contributed by atoms with E-state index in [9.17, 15) is 18.4 Å². The van der Waals surface area contributed by atoms with Crippen LogP contribution in [0.3, 0.4) is 0 Å². The van der Waals surface area contributed by atoms with Gasteiger partial charge in [-0.2, -0.15) is 8.78 Å². The van der Waals surface area contributed by atoms with E-state index in [0.29, 0.717) is 10.4 Å². The van der Waals surface area contributed by atoms with E-state index in [4.69, 9.17) is 9.15 Å². The van der Waals surface area contributed by atoms with Crippen LogP contribution in [0.4, 0.5) is 20.2 Å². The number of nitrogens with one attached hydrogen (secondary N) is 1. The highest BCUT2D eigenvalue weighted by molar-refractivity contribution is 9.10. The lowest BCUT2D eigenvalue weighted by Gasteiger charge is -2.19. The SMILES string of the molecule is COc1ccc(NC(=O)c2ccccc2N(C)C(=O)c2ccc(Br)o2)cc1OC(F)F. The Bertz CT molecular complexity index is 1100. The van der Waals surface area contributed by atoms with Crippen LogP contribution in [0.1, 0.15) is 20.9 Å². The molecular weight excluding hydrogens is 478 g/mol. The number of amides is 2. The summed E-state index contributed by atoms with van der Waals surface area (Å²) < 4.78 is 40.4. The molecule has 3 rings (SSSR count). The predicted octanol–water partition coefficient (Wildman–Crippen LogP) is 5.18. The summed E-state index contributed by atoms with van der Waals surface area (Å²) in [7, 11) is 2.82. The van der Waals surface area contributed by atoms with Crippen LogP contribution in [0.5, 0.6) is 11.5 Å². The molecule has 1 N–H and O–H groups in total. The van der Waals surface area contributed by atoms with Gasteiger partial charge in [0, 0.05) is 18.8 Å². The molecule has 2 amide bonds. The highest BCUT2D eigenvalue weighted by Gasteiger charge is 2.22. The Morgan fingerprint density at radius 3 is 2.48 bits per heavy atom. The van der Waals surface area contributed by atoms with E-state index in [1.54, 1.807) is 24.3 Å². The quantitative estimate of drug-likeness (QED) is 0.489. The second kappa shape index (κ2) is 9.61. The number of hydrogen-bond donors (Lipinski definition) is 1. The summed E-state index contributed by atoms with van der Waals surface area (Å²) in [5, 5.41) is 2.61. The number of benzene rings is 2. The molecule has 31 heavy (non-hydrogen) atoms. The molecule has 2 aromatic carbocycles. The average Bonchev–Trinajstić information content (AvgIpc) is 3.18. The molecule has 0 fully saturated rings. The van der Waals surface area contributed by atoms with E-state index in [-0.39, 0.29) is 28.5 Å². The number of alkyl halides is 2. The predicted molar refractivity (Wildman–Crippen MR) is 113 cm³/mol. The van der Waals surface area contributed by atoms with Gasteiger partial charge < -0.3 is 24.1 Å². The molecule has 162 valence electrons. The van der Waals surface area contributed by atoms with Gasteiger partial charge in [0.25, 0.3) is 11.8 Å². The molecule has 10 heteroatoms. The maximum atomic E-state index is 12.9. The molecule has 0 saturated carbocycles. The highest BCUT2D eigenvalue weighted by Crippen LogP contribution is 2.32. The standard InChI is InChI=1S/C21H17BrF2N2O5/c1-26(20(28)16-9-10-18(22)30-16)14-6-4-3-5-13(14)19(27)25-12-7-8-15(29-2)17(11-12)31-21(23)24/h3-11,21H,1-2H3,(H,25,27). The molecule has 0 atom stereocenters. The second-order valence-corrected chi connectivity index (χ2v) is 6.96. The first-order valence-corrected chi connectivity index (χ1v) is 9.66. The molecule has 0 radical (unpaired) electrons. The van der Waals surface area contributed by atoms with Crippen LogP contribution in [-0.2, 0) is 0 Å². The maximum Gasteiger partial charge on any atom is 0.387 e. The van der Waals surface area contributed by atoms with Gasteiger partial charge >= 0.3 is 6.61 Å². The number of ether oxygens (including phenoxy) is 2. The largest absolute Gasteiger partial charge is 0.493 e. The van der Waals surface area contributed by atoms with Crippen LogP contribution in [0.2, 0.25) is 0 Å². The van der Waals surface area contributed by atoms with Crippen molar-refractivity contribution in [3.63, 3.8) is 0 Å². The van der Waals surface area contributed by atoms with Gasteiger partial charge in [-0.15, -0.1) is 0 Å². The summed E-state index contributed by atoms with van der Waals surface area (Å²) >= 11 is 3.14. The Morgan fingerprint density at radius 1 is 1.10 bits per heavy atom. The zero-order chi connectivity index (χ0) is 22.5. The first kappa shape index (κ1) is 22.3. The number of rotatable bonds is 7. The van der Waals surface area contributed by atoms with Crippen molar-refractivity contribution in [3.05, 3.63) is 70.6 Å². The molecular formula is C21H17BrF2N2O5. The smallest absolute Gasteiger partial charge is 0.387 e. The number of halogens is 3. The van der Waals surface area contributed by atoms with E-state index >= 15 is 0 Å². The zero-order valence-electron chi connectivity index (χ0n) is 16.4. The van der Waals surface area contributed by atoms with Crippen molar-refractivity contribution in [2.24, 2.45) is 0 Å². The summed E-state index contributed by atoms with van der Waals surface area (Å²) in [6.45, 7) is -3.05. The number of carbonyl (C=O) groups excluding carboxylic acids is 2. The number of methoxy groups -OCH3 is 1. The number of carbonyl (C=O) groups is 2. The molecule has 1 aromatic heterocycles. The molecule has 7 nitrogen and oxygen atoms in total. The van der Waals surface area contributed by atoms with E-state index in [1.807, 2.05) is 0 Å². The van der Waals surface area contributed by atoms with Crippen molar-refractivity contribution < 1.29 is 32.3 Å². The molecule has 0 bridgehead atoms. The van der Waals surface area contributed by atoms with Crippen LogP contribution in [-0.4, -0.2) is 32.6 Å². The lowest BCUT2D eigenvalue weighted by atomic mass is 10.1. The van der Waals surface area contributed by atoms with E-state index in [2.05, 4.69) is 26.0 Å². The Hall–Kier alpha value is -3.40. The minimum absolute atomic E-state index is 0.0912. The van der Waals surface area contributed by atoms with Crippen LogP contribution >= 0.6 is 15.9 Å². The molecule has 0 aliphatic carbocycles. The summed E-state index contributed by atoms with van der Waals surface area (Å²) in [4.78, 5) is 26.9. The third-order valence-electron chi connectivity index (χ3n) is 4.24. The van der Waals surface area contributed by atoms with Crippen molar-refractivity contribution in [1.29, 1.82) is 0 Å². The molecule has 0 aliphatic rings. The maximum absolute atomic E-state index is 12.9. The van der Waals surface area contributed by atoms with Crippen LogP contribution in [0.25, 0.3) is 0 Å². The van der Waals surface area contributed by atoms with Gasteiger partial charge in [0.05, 0.1) is 18.4 Å². The van der Waals surface area contributed by atoms with Gasteiger partial charge in [-0.05, 0) is 52.3 Å².